The van der Waals surface area contributed by atoms with E-state index in [0.717, 1.165) is 4.47 Å². The Morgan fingerprint density at radius 2 is 1.79 bits per heavy atom. The first-order valence-electron chi connectivity index (χ1n) is 6.92. The van der Waals surface area contributed by atoms with Crippen molar-refractivity contribution in [1.29, 1.82) is 0 Å². The average molecular weight is 386 g/mol. The van der Waals surface area contributed by atoms with Crippen molar-refractivity contribution in [1.82, 2.24) is 0 Å². The molecule has 0 radical (unpaired) electrons. The van der Waals surface area contributed by atoms with Crippen LogP contribution in [-0.4, -0.2) is 11.8 Å². The monoisotopic (exact) mass is 385 g/mol. The number of benzene rings is 2. The van der Waals surface area contributed by atoms with Crippen molar-refractivity contribution in [3.8, 4) is 0 Å². The Morgan fingerprint density at radius 3 is 2.50 bits per heavy atom. The number of rotatable bonds is 3. The van der Waals surface area contributed by atoms with E-state index < -0.39 is 11.8 Å². The van der Waals surface area contributed by atoms with Gasteiger partial charge in [0.05, 0.1) is 5.69 Å². The Hall–Kier alpha value is -2.93. The van der Waals surface area contributed by atoms with E-state index in [4.69, 9.17) is 15.9 Å². The molecule has 0 saturated carbocycles. The smallest absolute Gasteiger partial charge is 0.254 e. The van der Waals surface area contributed by atoms with Crippen LogP contribution >= 0.6 is 15.9 Å². The van der Waals surface area contributed by atoms with Crippen LogP contribution in [0.3, 0.4) is 0 Å². The van der Waals surface area contributed by atoms with Gasteiger partial charge in [0.1, 0.15) is 11.1 Å². The summed E-state index contributed by atoms with van der Waals surface area (Å²) in [6.45, 7) is 0. The number of nitrogens with zero attached hydrogens (tertiary/aromatic N) is 1. The molecule has 6 nitrogen and oxygen atoms in total. The summed E-state index contributed by atoms with van der Waals surface area (Å²) in [6, 6.07) is 13.4. The third-order valence-corrected chi connectivity index (χ3v) is 3.83. The molecule has 4 N–H and O–H groups in total. The normalized spacial score (nSPS) is 11.6. The van der Waals surface area contributed by atoms with Crippen LogP contribution in [0.15, 0.2) is 62.4 Å². The standard InChI is InChI=1S/C17H12BrN3O3/c18-11-4-5-14-10(6-11)8-13(16(20)23)17(24-14)21-12-3-1-2-9(7-12)15(19)22/h1-8H,(H2,19,22)(H2,20,23). The number of amides is 2. The lowest BCUT2D eigenvalue weighted by Crippen LogP contribution is -2.21. The van der Waals surface area contributed by atoms with Crippen LogP contribution in [0.25, 0.3) is 11.0 Å². The quantitative estimate of drug-likeness (QED) is 0.722. The molecule has 3 rings (SSSR count). The van der Waals surface area contributed by atoms with Crippen LogP contribution < -0.4 is 17.0 Å². The lowest BCUT2D eigenvalue weighted by Gasteiger charge is -2.03. The van der Waals surface area contributed by atoms with E-state index in [-0.39, 0.29) is 11.1 Å². The highest BCUT2D eigenvalue weighted by Crippen LogP contribution is 2.20. The third-order valence-electron chi connectivity index (χ3n) is 3.34. The first-order valence-corrected chi connectivity index (χ1v) is 7.71. The number of primary amides is 2. The number of carbonyl (C=O) groups excluding carboxylic acids is 2. The van der Waals surface area contributed by atoms with Crippen molar-refractivity contribution < 1.29 is 14.0 Å². The van der Waals surface area contributed by atoms with E-state index in [2.05, 4.69) is 20.9 Å². The van der Waals surface area contributed by atoms with Gasteiger partial charge in [-0.05, 0) is 42.5 Å². The Morgan fingerprint density at radius 1 is 1.00 bits per heavy atom. The van der Waals surface area contributed by atoms with E-state index >= 15 is 0 Å². The number of halogens is 1. The molecule has 0 atom stereocenters. The van der Waals surface area contributed by atoms with Crippen molar-refractivity contribution >= 4 is 44.4 Å². The molecule has 0 aliphatic carbocycles. The van der Waals surface area contributed by atoms with Gasteiger partial charge in [0.25, 0.3) is 5.91 Å². The lowest BCUT2D eigenvalue weighted by atomic mass is 10.1. The van der Waals surface area contributed by atoms with Crippen LogP contribution in [0, 0.1) is 0 Å². The molecule has 0 unspecified atom stereocenters. The lowest BCUT2D eigenvalue weighted by molar-refractivity contribution is 0.0989. The van der Waals surface area contributed by atoms with Crippen LogP contribution in [-0.2, 0) is 0 Å². The highest BCUT2D eigenvalue weighted by molar-refractivity contribution is 9.10. The Balaban J connectivity index is 2.25. The van der Waals surface area contributed by atoms with Gasteiger partial charge in [-0.25, -0.2) is 4.99 Å². The van der Waals surface area contributed by atoms with Gasteiger partial charge in [-0.3, -0.25) is 9.59 Å². The highest BCUT2D eigenvalue weighted by Gasteiger charge is 2.10. The predicted molar refractivity (Wildman–Crippen MR) is 92.6 cm³/mol. The molecular formula is C17H12BrN3O3. The van der Waals surface area contributed by atoms with Gasteiger partial charge >= 0.3 is 0 Å². The van der Waals surface area contributed by atoms with E-state index in [1.165, 1.54) is 6.07 Å². The van der Waals surface area contributed by atoms with E-state index in [1.807, 2.05) is 12.1 Å². The SMILES string of the molecule is NC(=O)c1cccc(N=c2oc3ccc(Br)cc3cc2C(N)=O)c1. The molecule has 0 aliphatic rings. The molecule has 3 aromatic rings. The molecule has 1 heterocycles. The van der Waals surface area contributed by atoms with Crippen molar-refractivity contribution in [2.45, 2.75) is 0 Å². The second-order valence-corrected chi connectivity index (χ2v) is 5.95. The first-order chi connectivity index (χ1) is 11.4. The topological polar surface area (TPSA) is 112 Å². The van der Waals surface area contributed by atoms with Crippen molar-refractivity contribution in [3.05, 3.63) is 69.7 Å². The summed E-state index contributed by atoms with van der Waals surface area (Å²) < 4.78 is 6.56. The summed E-state index contributed by atoms with van der Waals surface area (Å²) in [4.78, 5) is 27.3. The zero-order valence-corrected chi connectivity index (χ0v) is 13.9. The maximum absolute atomic E-state index is 11.7. The minimum absolute atomic E-state index is 0.0685. The van der Waals surface area contributed by atoms with Crippen molar-refractivity contribution in [3.63, 3.8) is 0 Å². The van der Waals surface area contributed by atoms with Gasteiger partial charge in [0.2, 0.25) is 11.5 Å². The zero-order valence-electron chi connectivity index (χ0n) is 12.3. The Bertz CT molecular complexity index is 1040. The molecular weight excluding hydrogens is 374 g/mol. The maximum Gasteiger partial charge on any atom is 0.254 e. The van der Waals surface area contributed by atoms with Gasteiger partial charge in [0, 0.05) is 15.4 Å². The fourth-order valence-electron chi connectivity index (χ4n) is 2.21. The minimum atomic E-state index is -0.662. The summed E-state index contributed by atoms with van der Waals surface area (Å²) in [5, 5.41) is 0.711. The van der Waals surface area contributed by atoms with Crippen molar-refractivity contribution in [2.75, 3.05) is 0 Å². The van der Waals surface area contributed by atoms with Gasteiger partial charge in [-0.15, -0.1) is 0 Å². The first kappa shape index (κ1) is 15.9. The largest absolute Gasteiger partial charge is 0.438 e. The molecule has 120 valence electrons. The summed E-state index contributed by atoms with van der Waals surface area (Å²) in [5.74, 6) is -1.23. The van der Waals surface area contributed by atoms with Crippen LogP contribution in [0.5, 0.6) is 0 Å². The van der Waals surface area contributed by atoms with Crippen LogP contribution in [0.2, 0.25) is 0 Å². The highest BCUT2D eigenvalue weighted by atomic mass is 79.9. The predicted octanol–water partition coefficient (Wildman–Crippen LogP) is 2.63. The molecule has 2 amide bonds. The molecule has 0 fully saturated rings. The fourth-order valence-corrected chi connectivity index (χ4v) is 2.59. The van der Waals surface area contributed by atoms with Crippen LogP contribution in [0.1, 0.15) is 20.7 Å². The van der Waals surface area contributed by atoms with Crippen molar-refractivity contribution in [2.24, 2.45) is 16.5 Å². The summed E-state index contributed by atoms with van der Waals surface area (Å²) in [7, 11) is 0. The molecule has 0 bridgehead atoms. The van der Waals surface area contributed by atoms with E-state index in [9.17, 15) is 9.59 Å². The van der Waals surface area contributed by atoms with Crippen LogP contribution in [0.4, 0.5) is 5.69 Å². The Kier molecular flexibility index (Phi) is 4.18. The molecule has 0 aliphatic heterocycles. The summed E-state index contributed by atoms with van der Waals surface area (Å²) in [5.41, 5.74) is 12.2. The molecule has 2 aromatic carbocycles. The fraction of sp³-hybridized carbons (Fsp3) is 0. The number of hydrogen-bond acceptors (Lipinski definition) is 4. The van der Waals surface area contributed by atoms with Gasteiger partial charge in [0.15, 0.2) is 0 Å². The van der Waals surface area contributed by atoms with Gasteiger partial charge < -0.3 is 15.9 Å². The number of carbonyl (C=O) groups is 2. The number of hydrogen-bond donors (Lipinski definition) is 2. The van der Waals surface area contributed by atoms with E-state index in [1.54, 1.807) is 30.3 Å². The molecule has 24 heavy (non-hydrogen) atoms. The average Bonchev–Trinajstić information content (AvgIpc) is 2.54. The molecule has 1 aromatic heterocycles. The zero-order chi connectivity index (χ0) is 17.3. The molecule has 7 heteroatoms. The minimum Gasteiger partial charge on any atom is -0.438 e. The number of fused-ring (bicyclic) bond motifs is 1. The number of nitrogens with two attached hydrogens (primary N) is 2. The summed E-state index contributed by atoms with van der Waals surface area (Å²) >= 11 is 3.36. The molecule has 0 saturated heterocycles. The van der Waals surface area contributed by atoms with E-state index in [0.29, 0.717) is 22.2 Å². The Labute approximate surface area is 144 Å². The molecule has 0 spiro atoms. The third kappa shape index (κ3) is 3.21. The maximum atomic E-state index is 11.7. The van der Waals surface area contributed by atoms with Gasteiger partial charge in [-0.1, -0.05) is 22.0 Å². The second-order valence-electron chi connectivity index (χ2n) is 5.04. The van der Waals surface area contributed by atoms with Gasteiger partial charge in [-0.2, -0.15) is 0 Å². The second kappa shape index (κ2) is 6.29. The summed E-state index contributed by atoms with van der Waals surface area (Å²) in [6.07, 6.45) is 0.